The molecule has 0 aliphatic heterocycles. The zero-order valence-electron chi connectivity index (χ0n) is 8.65. The smallest absolute Gasteiger partial charge is 0.215 e. The molecule has 84 valence electrons. The first kappa shape index (κ1) is 18.5. The molecule has 0 aliphatic rings. The van der Waals surface area contributed by atoms with E-state index in [0.717, 1.165) is 4.48 Å². The first-order valence-electron chi connectivity index (χ1n) is 3.62. The number of hydrogen-bond donors (Lipinski definition) is 2. The molecule has 13 heavy (non-hydrogen) atoms. The molecule has 0 aromatic carbocycles. The lowest BCUT2D eigenvalue weighted by molar-refractivity contribution is -0.886. The summed E-state index contributed by atoms with van der Waals surface area (Å²) in [6, 6.07) is 0. The summed E-state index contributed by atoms with van der Waals surface area (Å²) in [6.07, 6.45) is 0. The van der Waals surface area contributed by atoms with Gasteiger partial charge >= 0.3 is 0 Å². The molecule has 7 heteroatoms. The second-order valence-corrected chi connectivity index (χ2v) is 3.85. The van der Waals surface area contributed by atoms with Crippen LogP contribution in [0, 0.1) is 0 Å². The third-order valence-electron chi connectivity index (χ3n) is 1.71. The Morgan fingerprint density at radius 1 is 1.23 bits per heavy atom. The maximum Gasteiger partial charge on any atom is 0.215 e. The molecule has 0 aliphatic carbocycles. The van der Waals surface area contributed by atoms with E-state index in [1.54, 1.807) is 0 Å². The zero-order chi connectivity index (χ0) is 10.4. The van der Waals surface area contributed by atoms with Crippen LogP contribution in [0.15, 0.2) is 0 Å². The standard InChI is InChI=1S/C6H16N.H3N.H2O4S/c1-5-7(3,4)6-2;;1-5(2,3)4/h5-6H2,1-4H3;1H3;(H2,1,2,3,4)/q+1;;/p-1. The van der Waals surface area contributed by atoms with Crippen molar-refractivity contribution in [2.45, 2.75) is 13.8 Å². The average molecular weight is 216 g/mol. The van der Waals surface area contributed by atoms with Gasteiger partial charge in [0, 0.05) is 0 Å². The molecule has 0 spiro atoms. The van der Waals surface area contributed by atoms with E-state index < -0.39 is 10.4 Å². The third-order valence-corrected chi connectivity index (χ3v) is 1.71. The second kappa shape index (κ2) is 7.22. The Kier molecular flexibility index (Phi) is 10.3. The summed E-state index contributed by atoms with van der Waals surface area (Å²) < 4.78 is 34.0. The number of nitrogens with zero attached hydrogens (tertiary/aromatic N) is 1. The van der Waals surface area contributed by atoms with Crippen molar-refractivity contribution in [2.24, 2.45) is 0 Å². The summed E-state index contributed by atoms with van der Waals surface area (Å²) in [5.74, 6) is 0. The van der Waals surface area contributed by atoms with Crippen molar-refractivity contribution in [3.63, 3.8) is 0 Å². The SMILES string of the molecule is CC[N+](C)(C)CC.N.O=S(=O)([O-])O. The van der Waals surface area contributed by atoms with E-state index in [1.165, 1.54) is 13.1 Å². The van der Waals surface area contributed by atoms with Gasteiger partial charge in [0.1, 0.15) is 0 Å². The normalized spacial score (nSPS) is 10.9. The average Bonchev–Trinajstić information content (AvgIpc) is 1.85. The van der Waals surface area contributed by atoms with Crippen LogP contribution in [0.4, 0.5) is 0 Å². The highest BCUT2D eigenvalue weighted by Gasteiger charge is 2.04. The Bertz CT molecular complexity index is 187. The van der Waals surface area contributed by atoms with Gasteiger partial charge in [-0.25, -0.2) is 8.42 Å². The number of hydrogen-bond acceptors (Lipinski definition) is 4. The maximum absolute atomic E-state index is 8.63. The van der Waals surface area contributed by atoms with E-state index in [2.05, 4.69) is 27.9 Å². The molecule has 0 atom stereocenters. The Morgan fingerprint density at radius 2 is 1.38 bits per heavy atom. The van der Waals surface area contributed by atoms with Gasteiger partial charge in [-0.15, -0.1) is 0 Å². The lowest BCUT2D eigenvalue weighted by Crippen LogP contribution is -2.38. The molecule has 0 amide bonds. The molecule has 0 saturated heterocycles. The van der Waals surface area contributed by atoms with Crippen LogP contribution in [0.5, 0.6) is 0 Å². The molecular weight excluding hydrogens is 196 g/mol. The Hall–Kier alpha value is -0.210. The van der Waals surface area contributed by atoms with Crippen molar-refractivity contribution in [1.29, 1.82) is 0 Å². The van der Waals surface area contributed by atoms with Gasteiger partial charge in [-0.05, 0) is 13.8 Å². The molecule has 0 fully saturated rings. The van der Waals surface area contributed by atoms with Crippen LogP contribution in [-0.4, -0.2) is 49.2 Å². The summed E-state index contributed by atoms with van der Waals surface area (Å²) in [4.78, 5) is 0. The molecule has 6 nitrogen and oxygen atoms in total. The van der Waals surface area contributed by atoms with Gasteiger partial charge < -0.3 is 15.2 Å². The molecular formula is C6H20N2O4S. The Balaban J connectivity index is -0.000000150. The Morgan fingerprint density at radius 3 is 1.38 bits per heavy atom. The largest absolute Gasteiger partial charge is 0.726 e. The molecule has 0 unspecified atom stereocenters. The summed E-state index contributed by atoms with van der Waals surface area (Å²) in [5, 5.41) is 0. The third kappa shape index (κ3) is 33.7. The summed E-state index contributed by atoms with van der Waals surface area (Å²) in [6.45, 7) is 6.89. The van der Waals surface area contributed by atoms with Crippen molar-refractivity contribution in [3.8, 4) is 0 Å². The Labute approximate surface area is 80.3 Å². The highest BCUT2D eigenvalue weighted by molar-refractivity contribution is 7.79. The highest BCUT2D eigenvalue weighted by atomic mass is 32.3. The van der Waals surface area contributed by atoms with Crippen LogP contribution in [-0.2, 0) is 10.4 Å². The van der Waals surface area contributed by atoms with Crippen LogP contribution in [0.25, 0.3) is 0 Å². The molecule has 0 aromatic rings. The monoisotopic (exact) mass is 216 g/mol. The lowest BCUT2D eigenvalue weighted by atomic mass is 10.5. The zero-order valence-corrected chi connectivity index (χ0v) is 9.47. The van der Waals surface area contributed by atoms with E-state index in [-0.39, 0.29) is 6.15 Å². The predicted octanol–water partition coefficient (Wildman–Crippen LogP) is 0.269. The second-order valence-electron chi connectivity index (χ2n) is 3.00. The van der Waals surface area contributed by atoms with Gasteiger partial charge in [-0.2, -0.15) is 0 Å². The molecule has 0 bridgehead atoms. The fourth-order valence-corrected chi connectivity index (χ4v) is 0.224. The van der Waals surface area contributed by atoms with Gasteiger partial charge in [0.05, 0.1) is 27.2 Å². The van der Waals surface area contributed by atoms with Crippen molar-refractivity contribution >= 4 is 10.4 Å². The number of quaternary nitrogens is 1. The molecule has 0 aromatic heterocycles. The first-order valence-corrected chi connectivity index (χ1v) is 4.99. The highest BCUT2D eigenvalue weighted by Crippen LogP contribution is 1.91. The summed E-state index contributed by atoms with van der Waals surface area (Å²) in [5.41, 5.74) is 0. The van der Waals surface area contributed by atoms with Gasteiger partial charge in [0.2, 0.25) is 10.4 Å². The minimum Gasteiger partial charge on any atom is -0.726 e. The van der Waals surface area contributed by atoms with Gasteiger partial charge in [-0.1, -0.05) is 0 Å². The van der Waals surface area contributed by atoms with Crippen molar-refractivity contribution < 1.29 is 22.0 Å². The summed E-state index contributed by atoms with van der Waals surface area (Å²) in [7, 11) is -0.444. The van der Waals surface area contributed by atoms with Crippen LogP contribution in [0.1, 0.15) is 13.8 Å². The minimum absolute atomic E-state index is 0. The molecule has 0 rings (SSSR count). The minimum atomic E-state index is -4.92. The van der Waals surface area contributed by atoms with Crippen LogP contribution < -0.4 is 6.15 Å². The van der Waals surface area contributed by atoms with Crippen molar-refractivity contribution in [1.82, 2.24) is 6.15 Å². The van der Waals surface area contributed by atoms with Crippen LogP contribution in [0.2, 0.25) is 0 Å². The van der Waals surface area contributed by atoms with E-state index in [0.29, 0.717) is 0 Å². The fourth-order valence-electron chi connectivity index (χ4n) is 0.224. The van der Waals surface area contributed by atoms with Gasteiger partial charge in [0.15, 0.2) is 0 Å². The first-order chi connectivity index (χ1) is 5.12. The van der Waals surface area contributed by atoms with Crippen LogP contribution in [0.3, 0.4) is 0 Å². The molecule has 4 N–H and O–H groups in total. The maximum atomic E-state index is 8.63. The van der Waals surface area contributed by atoms with E-state index in [1.807, 2.05) is 0 Å². The predicted molar refractivity (Wildman–Crippen MR) is 50.5 cm³/mol. The number of rotatable bonds is 2. The lowest BCUT2D eigenvalue weighted by Gasteiger charge is -2.25. The topological polar surface area (TPSA) is 112 Å². The van der Waals surface area contributed by atoms with E-state index >= 15 is 0 Å². The van der Waals surface area contributed by atoms with Gasteiger partial charge in [0.25, 0.3) is 0 Å². The fraction of sp³-hybridized carbons (Fsp3) is 1.00. The van der Waals surface area contributed by atoms with Crippen LogP contribution >= 0.6 is 0 Å². The molecule has 0 saturated carbocycles. The van der Waals surface area contributed by atoms with E-state index in [4.69, 9.17) is 17.5 Å². The molecule has 0 radical (unpaired) electrons. The summed E-state index contributed by atoms with van der Waals surface area (Å²) >= 11 is 0. The quantitative estimate of drug-likeness (QED) is 0.391. The van der Waals surface area contributed by atoms with E-state index in [9.17, 15) is 0 Å². The van der Waals surface area contributed by atoms with Gasteiger partial charge in [-0.3, -0.25) is 4.55 Å². The van der Waals surface area contributed by atoms with Crippen molar-refractivity contribution in [2.75, 3.05) is 27.2 Å². The van der Waals surface area contributed by atoms with Crippen molar-refractivity contribution in [3.05, 3.63) is 0 Å². The molecule has 0 heterocycles.